The van der Waals surface area contributed by atoms with Crippen LogP contribution in [0.4, 0.5) is 5.95 Å². The zero-order chi connectivity index (χ0) is 18.7. The zero-order valence-corrected chi connectivity index (χ0v) is 16.4. The summed E-state index contributed by atoms with van der Waals surface area (Å²) < 4.78 is 32.9. The van der Waals surface area contributed by atoms with Crippen molar-refractivity contribution in [1.29, 1.82) is 0 Å². The Bertz CT molecular complexity index is 902. The van der Waals surface area contributed by atoms with E-state index in [2.05, 4.69) is 14.7 Å². The molecule has 3 rings (SSSR count). The number of ether oxygens (including phenoxy) is 1. The minimum Gasteiger partial charge on any atom is -0.378 e. The van der Waals surface area contributed by atoms with Crippen molar-refractivity contribution < 1.29 is 13.2 Å². The average molecular weight is 417 g/mol. The number of rotatable bonds is 5. The fraction of sp³-hybridized carbons (Fsp3) is 0.375. The summed E-state index contributed by atoms with van der Waals surface area (Å²) in [5.74, 6) is 0.572. The molecule has 1 N–H and O–H groups in total. The summed E-state index contributed by atoms with van der Waals surface area (Å²) in [6.07, 6.45) is 0. The molecule has 1 fully saturated rings. The Morgan fingerprint density at radius 1 is 1.19 bits per heavy atom. The molecule has 10 heteroatoms. The number of nitrogens with one attached hydrogen (secondary N) is 1. The van der Waals surface area contributed by atoms with Gasteiger partial charge in [-0.2, -0.15) is 0 Å². The average Bonchev–Trinajstić information content (AvgIpc) is 2.62. The first-order valence-corrected chi connectivity index (χ1v) is 10.2. The lowest BCUT2D eigenvalue weighted by Gasteiger charge is -2.27. The third-order valence-electron chi connectivity index (χ3n) is 3.82. The third-order valence-corrected chi connectivity index (χ3v) is 5.93. The molecule has 0 atom stereocenters. The number of aryl methyl sites for hydroxylation is 1. The molecule has 1 saturated heterocycles. The Labute approximate surface area is 162 Å². The van der Waals surface area contributed by atoms with E-state index < -0.39 is 10.0 Å². The number of benzene rings is 1. The fourth-order valence-corrected chi connectivity index (χ4v) is 4.30. The molecule has 2 heterocycles. The molecule has 0 spiro atoms. The molecule has 1 aromatic heterocycles. The van der Waals surface area contributed by atoms with E-state index in [9.17, 15) is 8.42 Å². The van der Waals surface area contributed by atoms with Gasteiger partial charge in [0, 0.05) is 23.8 Å². The van der Waals surface area contributed by atoms with Gasteiger partial charge in [-0.3, -0.25) is 0 Å². The van der Waals surface area contributed by atoms with E-state index in [0.29, 0.717) is 43.0 Å². The lowest BCUT2D eigenvalue weighted by Crippen LogP contribution is -2.37. The number of morpholine rings is 1. The van der Waals surface area contributed by atoms with Gasteiger partial charge in [-0.15, -0.1) is 0 Å². The lowest BCUT2D eigenvalue weighted by molar-refractivity contribution is 0.122. The maximum Gasteiger partial charge on any atom is 0.242 e. The Balaban J connectivity index is 1.78. The minimum absolute atomic E-state index is 0.0197. The highest BCUT2D eigenvalue weighted by atomic mass is 35.5. The number of sulfonamides is 1. The number of aromatic nitrogens is 2. The van der Waals surface area contributed by atoms with Crippen LogP contribution < -0.4 is 9.62 Å². The quantitative estimate of drug-likeness (QED) is 0.805. The van der Waals surface area contributed by atoms with Crippen LogP contribution in [0.1, 0.15) is 11.4 Å². The molecule has 0 saturated carbocycles. The molecule has 1 aliphatic heterocycles. The highest BCUT2D eigenvalue weighted by molar-refractivity contribution is 7.89. The normalized spacial score (nSPS) is 15.3. The number of halogens is 2. The van der Waals surface area contributed by atoms with Crippen molar-refractivity contribution in [2.24, 2.45) is 0 Å². The molecule has 140 valence electrons. The third kappa shape index (κ3) is 4.63. The first kappa shape index (κ1) is 19.3. The number of nitrogens with zero attached hydrogens (tertiary/aromatic N) is 3. The van der Waals surface area contributed by atoms with E-state index in [1.807, 2.05) is 11.8 Å². The highest BCUT2D eigenvalue weighted by Gasteiger charge is 2.20. The molecule has 1 aromatic carbocycles. The summed E-state index contributed by atoms with van der Waals surface area (Å²) in [6.45, 7) is 4.50. The Kier molecular flexibility index (Phi) is 5.99. The van der Waals surface area contributed by atoms with Crippen LogP contribution in [0, 0.1) is 6.92 Å². The summed E-state index contributed by atoms with van der Waals surface area (Å²) in [7, 11) is -3.82. The van der Waals surface area contributed by atoms with Gasteiger partial charge >= 0.3 is 0 Å². The van der Waals surface area contributed by atoms with Gasteiger partial charge in [0.25, 0.3) is 0 Å². The van der Waals surface area contributed by atoms with Crippen molar-refractivity contribution in [3.8, 4) is 0 Å². The van der Waals surface area contributed by atoms with Crippen molar-refractivity contribution in [1.82, 2.24) is 14.7 Å². The molecule has 26 heavy (non-hydrogen) atoms. The largest absolute Gasteiger partial charge is 0.378 e. The van der Waals surface area contributed by atoms with E-state index >= 15 is 0 Å². The topological polar surface area (TPSA) is 84.4 Å². The van der Waals surface area contributed by atoms with Crippen LogP contribution in [-0.2, 0) is 21.3 Å². The van der Waals surface area contributed by atoms with E-state index in [1.165, 1.54) is 18.2 Å². The van der Waals surface area contributed by atoms with E-state index in [1.54, 1.807) is 6.07 Å². The van der Waals surface area contributed by atoms with Crippen LogP contribution in [0.15, 0.2) is 29.2 Å². The van der Waals surface area contributed by atoms with Crippen molar-refractivity contribution in [2.75, 3.05) is 31.2 Å². The summed E-state index contributed by atoms with van der Waals surface area (Å²) in [5.41, 5.74) is 1.33. The van der Waals surface area contributed by atoms with Gasteiger partial charge in [-0.25, -0.2) is 23.1 Å². The molecular weight excluding hydrogens is 399 g/mol. The molecule has 0 radical (unpaired) electrons. The summed E-state index contributed by atoms with van der Waals surface area (Å²) in [4.78, 5) is 10.8. The van der Waals surface area contributed by atoms with Crippen LogP contribution >= 0.6 is 23.2 Å². The van der Waals surface area contributed by atoms with E-state index in [-0.39, 0.29) is 16.5 Å². The van der Waals surface area contributed by atoms with Gasteiger partial charge in [-0.05, 0) is 31.2 Å². The standard InChI is InChI=1S/C16H18Cl2N4O3S/c1-11-8-13(21-16(20-11)22-4-6-25-7-5-22)10-19-26(23,24)15-9-12(17)2-3-14(15)18/h2-3,8-9,19H,4-7,10H2,1H3. The van der Waals surface area contributed by atoms with E-state index in [4.69, 9.17) is 27.9 Å². The highest BCUT2D eigenvalue weighted by Crippen LogP contribution is 2.25. The predicted molar refractivity (Wildman–Crippen MR) is 100 cm³/mol. The molecule has 0 aliphatic carbocycles. The SMILES string of the molecule is Cc1cc(CNS(=O)(=O)c2cc(Cl)ccc2Cl)nc(N2CCOCC2)n1. The van der Waals surface area contributed by atoms with Crippen LogP contribution in [0.2, 0.25) is 10.0 Å². The Morgan fingerprint density at radius 3 is 2.65 bits per heavy atom. The second-order valence-corrected chi connectivity index (χ2v) is 8.38. The molecule has 0 bridgehead atoms. The van der Waals surface area contributed by atoms with Gasteiger partial charge in [0.05, 0.1) is 30.5 Å². The van der Waals surface area contributed by atoms with Crippen molar-refractivity contribution >= 4 is 39.2 Å². The van der Waals surface area contributed by atoms with Crippen LogP contribution in [0.3, 0.4) is 0 Å². The number of anilines is 1. The second-order valence-electron chi connectivity index (χ2n) is 5.80. The van der Waals surface area contributed by atoms with Crippen LogP contribution in [0.5, 0.6) is 0 Å². The van der Waals surface area contributed by atoms with Crippen molar-refractivity contribution in [3.63, 3.8) is 0 Å². The maximum absolute atomic E-state index is 12.5. The molecule has 7 nitrogen and oxygen atoms in total. The summed E-state index contributed by atoms with van der Waals surface area (Å²) in [5, 5.41) is 0.400. The Hall–Kier alpha value is -1.45. The molecule has 1 aliphatic rings. The number of hydrogen-bond donors (Lipinski definition) is 1. The first-order valence-electron chi connectivity index (χ1n) is 7.97. The van der Waals surface area contributed by atoms with Crippen molar-refractivity contribution in [3.05, 3.63) is 45.7 Å². The van der Waals surface area contributed by atoms with E-state index in [0.717, 1.165) is 5.69 Å². The van der Waals surface area contributed by atoms with Gasteiger partial charge < -0.3 is 9.64 Å². The van der Waals surface area contributed by atoms with Crippen molar-refractivity contribution in [2.45, 2.75) is 18.4 Å². The summed E-state index contributed by atoms with van der Waals surface area (Å²) >= 11 is 11.9. The Morgan fingerprint density at radius 2 is 1.92 bits per heavy atom. The van der Waals surface area contributed by atoms with Crippen LogP contribution in [0.25, 0.3) is 0 Å². The fourth-order valence-electron chi connectivity index (χ4n) is 2.54. The van der Waals surface area contributed by atoms with Gasteiger partial charge in [0.2, 0.25) is 16.0 Å². The van der Waals surface area contributed by atoms with Gasteiger partial charge in [0.15, 0.2) is 0 Å². The van der Waals surface area contributed by atoms with Crippen LogP contribution in [-0.4, -0.2) is 44.7 Å². The van der Waals surface area contributed by atoms with Gasteiger partial charge in [0.1, 0.15) is 4.90 Å². The maximum atomic E-state index is 12.5. The minimum atomic E-state index is -3.82. The second kappa shape index (κ2) is 8.06. The summed E-state index contributed by atoms with van der Waals surface area (Å²) in [6, 6.07) is 6.04. The van der Waals surface area contributed by atoms with Gasteiger partial charge in [-0.1, -0.05) is 23.2 Å². The first-order chi connectivity index (χ1) is 12.3. The molecule has 0 unspecified atom stereocenters. The molecule has 0 amide bonds. The zero-order valence-electron chi connectivity index (χ0n) is 14.1. The smallest absolute Gasteiger partial charge is 0.242 e. The molecule has 2 aromatic rings. The predicted octanol–water partition coefficient (Wildman–Crippen LogP) is 2.41. The lowest BCUT2D eigenvalue weighted by atomic mass is 10.3. The molecular formula is C16H18Cl2N4O3S. The monoisotopic (exact) mass is 416 g/mol. The number of hydrogen-bond acceptors (Lipinski definition) is 6.